The molecule has 1 saturated heterocycles. The summed E-state index contributed by atoms with van der Waals surface area (Å²) in [5.41, 5.74) is 1.86. The SMILES string of the molecule is N#Cc1c(N2CCCCC2)n(-c2cccc(F)c2)c2c(=O)n(Cc3nccc4ccccc34)cnc12. The minimum absolute atomic E-state index is 0.221. The summed E-state index contributed by atoms with van der Waals surface area (Å²) in [6.07, 6.45) is 6.29. The number of piperidine rings is 1. The van der Waals surface area contributed by atoms with Gasteiger partial charge in [0.25, 0.3) is 5.56 Å². The maximum absolute atomic E-state index is 14.3. The average Bonchev–Trinajstić information content (AvgIpc) is 3.26. The Bertz CT molecular complexity index is 1700. The summed E-state index contributed by atoms with van der Waals surface area (Å²) in [7, 11) is 0. The Hall–Kier alpha value is -4.51. The number of aromatic nitrogens is 4. The maximum Gasteiger partial charge on any atom is 0.278 e. The zero-order valence-corrected chi connectivity index (χ0v) is 19.6. The van der Waals surface area contributed by atoms with Gasteiger partial charge in [-0.3, -0.25) is 18.9 Å². The summed E-state index contributed by atoms with van der Waals surface area (Å²) >= 11 is 0. The first-order valence-corrected chi connectivity index (χ1v) is 12.0. The Morgan fingerprint density at radius 3 is 2.64 bits per heavy atom. The van der Waals surface area contributed by atoms with E-state index >= 15 is 0 Å². The number of hydrogen-bond acceptors (Lipinski definition) is 5. The molecule has 0 aliphatic carbocycles. The first-order chi connectivity index (χ1) is 17.7. The molecule has 0 unspecified atom stereocenters. The van der Waals surface area contributed by atoms with E-state index in [0.29, 0.717) is 22.6 Å². The van der Waals surface area contributed by atoms with Crippen LogP contribution in [0.1, 0.15) is 30.5 Å². The second kappa shape index (κ2) is 8.93. The Morgan fingerprint density at radius 1 is 1.00 bits per heavy atom. The molecular weight excluding hydrogens is 455 g/mol. The van der Waals surface area contributed by atoms with Crippen LogP contribution in [0.25, 0.3) is 27.5 Å². The fourth-order valence-corrected chi connectivity index (χ4v) is 5.14. The summed E-state index contributed by atoms with van der Waals surface area (Å²) < 4.78 is 17.6. The molecule has 0 radical (unpaired) electrons. The van der Waals surface area contributed by atoms with Crippen molar-refractivity contribution >= 4 is 27.6 Å². The van der Waals surface area contributed by atoms with Crippen LogP contribution < -0.4 is 10.5 Å². The zero-order valence-electron chi connectivity index (χ0n) is 19.6. The van der Waals surface area contributed by atoms with Gasteiger partial charge in [-0.1, -0.05) is 30.3 Å². The minimum Gasteiger partial charge on any atom is -0.357 e. The summed E-state index contributed by atoms with van der Waals surface area (Å²) in [5.74, 6) is 0.185. The summed E-state index contributed by atoms with van der Waals surface area (Å²) in [6.45, 7) is 1.74. The number of anilines is 1. The van der Waals surface area contributed by atoms with Crippen molar-refractivity contribution in [1.29, 1.82) is 5.26 Å². The van der Waals surface area contributed by atoms with E-state index in [1.165, 1.54) is 23.0 Å². The Balaban J connectivity index is 1.61. The second-order valence-electron chi connectivity index (χ2n) is 9.03. The smallest absolute Gasteiger partial charge is 0.278 e. The van der Waals surface area contributed by atoms with E-state index in [-0.39, 0.29) is 17.6 Å². The number of hydrogen-bond donors (Lipinski definition) is 0. The standard InChI is InChI=1S/C28H23FN6O/c29-20-8-6-9-21(15-20)35-26-25(23(16-30)27(35)33-13-4-1-5-14-33)32-18-34(28(26)36)17-24-22-10-3-2-7-19(22)11-12-31-24/h2-3,6-12,15,18H,1,4-5,13-14,17H2. The molecule has 0 atom stereocenters. The van der Waals surface area contributed by atoms with E-state index in [9.17, 15) is 14.4 Å². The van der Waals surface area contributed by atoms with Gasteiger partial charge in [-0.05, 0) is 48.9 Å². The molecule has 3 aromatic heterocycles. The Kier molecular flexibility index (Phi) is 5.45. The molecule has 0 amide bonds. The van der Waals surface area contributed by atoms with Gasteiger partial charge in [-0.2, -0.15) is 5.26 Å². The molecule has 5 aromatic rings. The van der Waals surface area contributed by atoms with Gasteiger partial charge in [0.05, 0.1) is 24.3 Å². The number of halogens is 1. The van der Waals surface area contributed by atoms with Gasteiger partial charge in [0.1, 0.15) is 34.3 Å². The van der Waals surface area contributed by atoms with E-state index in [1.807, 2.05) is 30.3 Å². The van der Waals surface area contributed by atoms with Gasteiger partial charge in [-0.25, -0.2) is 9.37 Å². The number of nitriles is 1. The molecule has 6 rings (SSSR count). The van der Waals surface area contributed by atoms with E-state index in [1.54, 1.807) is 22.9 Å². The third kappa shape index (κ3) is 3.60. The van der Waals surface area contributed by atoms with Crippen LogP contribution in [0.15, 0.2) is 71.9 Å². The van der Waals surface area contributed by atoms with Crippen molar-refractivity contribution in [3.05, 3.63) is 94.5 Å². The van der Waals surface area contributed by atoms with Crippen molar-refractivity contribution in [1.82, 2.24) is 19.1 Å². The van der Waals surface area contributed by atoms with Crippen LogP contribution in [0.2, 0.25) is 0 Å². The quantitative estimate of drug-likeness (QED) is 0.371. The molecule has 7 nitrogen and oxygen atoms in total. The molecule has 36 heavy (non-hydrogen) atoms. The van der Waals surface area contributed by atoms with E-state index < -0.39 is 5.82 Å². The van der Waals surface area contributed by atoms with Crippen LogP contribution in [-0.2, 0) is 6.54 Å². The zero-order chi connectivity index (χ0) is 24.6. The van der Waals surface area contributed by atoms with Crippen molar-refractivity contribution in [2.75, 3.05) is 18.0 Å². The van der Waals surface area contributed by atoms with Crippen molar-refractivity contribution in [2.45, 2.75) is 25.8 Å². The van der Waals surface area contributed by atoms with Gasteiger partial charge >= 0.3 is 0 Å². The Morgan fingerprint density at radius 2 is 1.83 bits per heavy atom. The molecule has 2 aromatic carbocycles. The van der Waals surface area contributed by atoms with Crippen LogP contribution in [0.4, 0.5) is 10.2 Å². The molecule has 4 heterocycles. The molecule has 0 spiro atoms. The van der Waals surface area contributed by atoms with E-state index in [2.05, 4.69) is 20.9 Å². The van der Waals surface area contributed by atoms with Gasteiger partial charge in [0, 0.05) is 24.7 Å². The molecular formula is C28H23FN6O. The topological polar surface area (TPSA) is 79.7 Å². The van der Waals surface area contributed by atoms with Crippen molar-refractivity contribution in [3.8, 4) is 11.8 Å². The number of fused-ring (bicyclic) bond motifs is 2. The largest absolute Gasteiger partial charge is 0.357 e. The number of pyridine rings is 1. The lowest BCUT2D eigenvalue weighted by Gasteiger charge is -2.30. The number of benzene rings is 2. The number of nitrogens with zero attached hydrogens (tertiary/aromatic N) is 6. The van der Waals surface area contributed by atoms with Crippen LogP contribution in [0.3, 0.4) is 0 Å². The lowest BCUT2D eigenvalue weighted by Crippen LogP contribution is -2.32. The highest BCUT2D eigenvalue weighted by Gasteiger charge is 2.28. The first-order valence-electron chi connectivity index (χ1n) is 12.0. The summed E-state index contributed by atoms with van der Waals surface area (Å²) in [5, 5.41) is 12.1. The van der Waals surface area contributed by atoms with Gasteiger partial charge in [0.2, 0.25) is 0 Å². The molecule has 0 saturated carbocycles. The van der Waals surface area contributed by atoms with Gasteiger partial charge < -0.3 is 4.90 Å². The van der Waals surface area contributed by atoms with Crippen molar-refractivity contribution < 1.29 is 4.39 Å². The van der Waals surface area contributed by atoms with Crippen LogP contribution >= 0.6 is 0 Å². The molecule has 178 valence electrons. The third-order valence-corrected chi connectivity index (χ3v) is 6.82. The number of rotatable bonds is 4. The first kappa shape index (κ1) is 22.0. The Labute approximate surface area is 206 Å². The van der Waals surface area contributed by atoms with E-state index in [0.717, 1.165) is 48.8 Å². The second-order valence-corrected chi connectivity index (χ2v) is 9.03. The fraction of sp³-hybridized carbons (Fsp3) is 0.214. The predicted molar refractivity (Wildman–Crippen MR) is 137 cm³/mol. The van der Waals surface area contributed by atoms with Gasteiger partial charge in [-0.15, -0.1) is 0 Å². The monoisotopic (exact) mass is 478 g/mol. The predicted octanol–water partition coefficient (Wildman–Crippen LogP) is 4.78. The molecule has 1 fully saturated rings. The normalized spacial score (nSPS) is 13.8. The summed E-state index contributed by atoms with van der Waals surface area (Å²) in [4.78, 5) is 25.2. The molecule has 8 heteroatoms. The highest BCUT2D eigenvalue weighted by molar-refractivity contribution is 5.91. The van der Waals surface area contributed by atoms with Crippen molar-refractivity contribution in [2.24, 2.45) is 0 Å². The van der Waals surface area contributed by atoms with Crippen LogP contribution in [0.5, 0.6) is 0 Å². The van der Waals surface area contributed by atoms with E-state index in [4.69, 9.17) is 0 Å². The lowest BCUT2D eigenvalue weighted by atomic mass is 10.1. The molecule has 1 aliphatic rings. The van der Waals surface area contributed by atoms with Crippen LogP contribution in [0, 0.1) is 17.1 Å². The third-order valence-electron chi connectivity index (χ3n) is 6.82. The summed E-state index contributed by atoms with van der Waals surface area (Å²) in [6, 6.07) is 18.2. The van der Waals surface area contributed by atoms with Crippen molar-refractivity contribution in [3.63, 3.8) is 0 Å². The average molecular weight is 479 g/mol. The highest BCUT2D eigenvalue weighted by Crippen LogP contribution is 2.34. The molecule has 0 bridgehead atoms. The minimum atomic E-state index is -0.415. The fourth-order valence-electron chi connectivity index (χ4n) is 5.14. The maximum atomic E-state index is 14.3. The molecule has 0 N–H and O–H groups in total. The lowest BCUT2D eigenvalue weighted by molar-refractivity contribution is 0.570. The van der Waals surface area contributed by atoms with Gasteiger partial charge in [0.15, 0.2) is 0 Å². The molecule has 1 aliphatic heterocycles. The highest BCUT2D eigenvalue weighted by atomic mass is 19.1. The van der Waals surface area contributed by atoms with Crippen LogP contribution in [-0.4, -0.2) is 32.2 Å².